The van der Waals surface area contributed by atoms with E-state index in [0.717, 1.165) is 12.8 Å². The van der Waals surface area contributed by atoms with Crippen LogP contribution >= 0.6 is 0 Å². The van der Waals surface area contributed by atoms with Crippen LogP contribution in [0.4, 0.5) is 0 Å². The molecule has 0 heterocycles. The smallest absolute Gasteiger partial charge is 0.0489 e. The van der Waals surface area contributed by atoms with Crippen LogP contribution in [-0.2, 0) is 0 Å². The van der Waals surface area contributed by atoms with Gasteiger partial charge in [0.1, 0.15) is 0 Å². The Kier molecular flexibility index (Phi) is 3.56. The molecule has 0 aliphatic rings. The molecule has 1 heteroatoms. The highest BCUT2D eigenvalue weighted by molar-refractivity contribution is 4.86. The molecular formula is C10H22O. The standard InChI is InChI=1S/C10H22O/c1-6-9(3,4)10(5,7-2)8-11/h11H,6-8H2,1-5H3. The SMILES string of the molecule is CCC(C)(C)C(C)(CC)CO. The third kappa shape index (κ3) is 1.96. The van der Waals surface area contributed by atoms with Gasteiger partial charge >= 0.3 is 0 Å². The summed E-state index contributed by atoms with van der Waals surface area (Å²) in [4.78, 5) is 0. The first-order valence-electron chi connectivity index (χ1n) is 4.54. The molecule has 68 valence electrons. The molecule has 1 N–H and O–H groups in total. The molecule has 11 heavy (non-hydrogen) atoms. The van der Waals surface area contributed by atoms with Gasteiger partial charge in [-0.05, 0) is 17.3 Å². The molecule has 0 rings (SSSR count). The highest BCUT2D eigenvalue weighted by atomic mass is 16.3. The zero-order valence-corrected chi connectivity index (χ0v) is 8.57. The molecular weight excluding hydrogens is 136 g/mol. The molecule has 0 aromatic rings. The molecule has 0 fully saturated rings. The minimum atomic E-state index is 0.0851. The fraction of sp³-hybridized carbons (Fsp3) is 1.00. The lowest BCUT2D eigenvalue weighted by Crippen LogP contribution is -2.37. The second-order valence-corrected chi connectivity index (χ2v) is 4.31. The van der Waals surface area contributed by atoms with Crippen LogP contribution < -0.4 is 0 Å². The molecule has 0 aromatic carbocycles. The van der Waals surface area contributed by atoms with Crippen LogP contribution in [0.1, 0.15) is 47.5 Å². The van der Waals surface area contributed by atoms with Gasteiger partial charge in [-0.2, -0.15) is 0 Å². The van der Waals surface area contributed by atoms with Crippen molar-refractivity contribution in [1.29, 1.82) is 0 Å². The van der Waals surface area contributed by atoms with Crippen molar-refractivity contribution in [3.8, 4) is 0 Å². The Bertz CT molecular complexity index is 112. The Morgan fingerprint density at radius 2 is 1.45 bits per heavy atom. The van der Waals surface area contributed by atoms with Gasteiger partial charge in [0.05, 0.1) is 0 Å². The van der Waals surface area contributed by atoms with Crippen molar-refractivity contribution >= 4 is 0 Å². The molecule has 1 unspecified atom stereocenters. The second-order valence-electron chi connectivity index (χ2n) is 4.31. The largest absolute Gasteiger partial charge is 0.396 e. The van der Waals surface area contributed by atoms with E-state index in [1.165, 1.54) is 0 Å². The van der Waals surface area contributed by atoms with E-state index in [1.54, 1.807) is 0 Å². The Balaban J connectivity index is 4.47. The lowest BCUT2D eigenvalue weighted by Gasteiger charge is -2.42. The molecule has 1 atom stereocenters. The first kappa shape index (κ1) is 11.0. The molecule has 0 saturated heterocycles. The number of hydrogen-bond acceptors (Lipinski definition) is 1. The second kappa shape index (κ2) is 3.57. The Labute approximate surface area is 70.8 Å². The van der Waals surface area contributed by atoms with E-state index in [0.29, 0.717) is 6.61 Å². The van der Waals surface area contributed by atoms with Crippen molar-refractivity contribution < 1.29 is 5.11 Å². The Hall–Kier alpha value is -0.0400. The van der Waals surface area contributed by atoms with Crippen LogP contribution in [0.15, 0.2) is 0 Å². The molecule has 0 amide bonds. The summed E-state index contributed by atoms with van der Waals surface area (Å²) in [6.07, 6.45) is 2.17. The summed E-state index contributed by atoms with van der Waals surface area (Å²) >= 11 is 0. The summed E-state index contributed by atoms with van der Waals surface area (Å²) in [5.41, 5.74) is 0.332. The van der Waals surface area contributed by atoms with Crippen LogP contribution in [0.25, 0.3) is 0 Å². The van der Waals surface area contributed by atoms with Gasteiger partial charge in [0.15, 0.2) is 0 Å². The van der Waals surface area contributed by atoms with Crippen molar-refractivity contribution in [2.75, 3.05) is 6.61 Å². The van der Waals surface area contributed by atoms with Crippen molar-refractivity contribution in [2.24, 2.45) is 10.8 Å². The quantitative estimate of drug-likeness (QED) is 0.667. The summed E-state index contributed by atoms with van der Waals surface area (Å²) in [6.45, 7) is 11.2. The number of rotatable bonds is 4. The molecule has 0 aromatic heterocycles. The van der Waals surface area contributed by atoms with Gasteiger partial charge in [0.2, 0.25) is 0 Å². The average molecular weight is 158 g/mol. The highest BCUT2D eigenvalue weighted by Crippen LogP contribution is 2.43. The van der Waals surface area contributed by atoms with E-state index in [9.17, 15) is 5.11 Å². The predicted octanol–water partition coefficient (Wildman–Crippen LogP) is 2.83. The van der Waals surface area contributed by atoms with Crippen LogP contribution in [0.3, 0.4) is 0 Å². The van der Waals surface area contributed by atoms with E-state index in [-0.39, 0.29) is 10.8 Å². The van der Waals surface area contributed by atoms with Crippen LogP contribution in [-0.4, -0.2) is 11.7 Å². The van der Waals surface area contributed by atoms with Gasteiger partial charge < -0.3 is 5.11 Å². The zero-order valence-electron chi connectivity index (χ0n) is 8.57. The number of hydrogen-bond donors (Lipinski definition) is 1. The van der Waals surface area contributed by atoms with Crippen molar-refractivity contribution in [1.82, 2.24) is 0 Å². The molecule has 0 bridgehead atoms. The maximum absolute atomic E-state index is 9.25. The average Bonchev–Trinajstić information content (AvgIpc) is 2.02. The van der Waals surface area contributed by atoms with E-state index in [2.05, 4.69) is 34.6 Å². The third-order valence-electron chi connectivity index (χ3n) is 3.65. The van der Waals surface area contributed by atoms with Gasteiger partial charge in [-0.15, -0.1) is 0 Å². The van der Waals surface area contributed by atoms with Crippen LogP contribution in [0.5, 0.6) is 0 Å². The summed E-state index contributed by atoms with van der Waals surface area (Å²) in [6, 6.07) is 0. The van der Waals surface area contributed by atoms with E-state index < -0.39 is 0 Å². The normalized spacial score (nSPS) is 18.0. The maximum Gasteiger partial charge on any atom is 0.0489 e. The van der Waals surface area contributed by atoms with Crippen molar-refractivity contribution in [3.63, 3.8) is 0 Å². The van der Waals surface area contributed by atoms with E-state index in [4.69, 9.17) is 0 Å². The van der Waals surface area contributed by atoms with E-state index >= 15 is 0 Å². The van der Waals surface area contributed by atoms with Gasteiger partial charge in [-0.1, -0.05) is 41.0 Å². The van der Waals surface area contributed by atoms with Gasteiger partial charge in [0, 0.05) is 6.61 Å². The molecule has 1 nitrogen and oxygen atoms in total. The maximum atomic E-state index is 9.25. The third-order valence-corrected chi connectivity index (χ3v) is 3.65. The fourth-order valence-corrected chi connectivity index (χ4v) is 1.23. The molecule has 0 saturated carbocycles. The number of aliphatic hydroxyl groups is 1. The monoisotopic (exact) mass is 158 g/mol. The lowest BCUT2D eigenvalue weighted by atomic mass is 9.64. The summed E-state index contributed by atoms with van der Waals surface area (Å²) in [7, 11) is 0. The Morgan fingerprint density at radius 3 is 1.55 bits per heavy atom. The van der Waals surface area contributed by atoms with Crippen LogP contribution in [0.2, 0.25) is 0 Å². The predicted molar refractivity (Wildman–Crippen MR) is 49.6 cm³/mol. The minimum Gasteiger partial charge on any atom is -0.396 e. The minimum absolute atomic E-state index is 0.0851. The Morgan fingerprint density at radius 1 is 1.00 bits per heavy atom. The van der Waals surface area contributed by atoms with Gasteiger partial charge in [-0.3, -0.25) is 0 Å². The number of aliphatic hydroxyl groups excluding tert-OH is 1. The summed E-state index contributed by atoms with van der Waals surface area (Å²) in [5, 5.41) is 9.25. The van der Waals surface area contributed by atoms with Crippen LogP contribution in [0, 0.1) is 10.8 Å². The summed E-state index contributed by atoms with van der Waals surface area (Å²) < 4.78 is 0. The molecule has 0 aliphatic carbocycles. The van der Waals surface area contributed by atoms with E-state index in [1.807, 2.05) is 0 Å². The fourth-order valence-electron chi connectivity index (χ4n) is 1.23. The first-order chi connectivity index (χ1) is 4.93. The van der Waals surface area contributed by atoms with Crippen molar-refractivity contribution in [3.05, 3.63) is 0 Å². The highest BCUT2D eigenvalue weighted by Gasteiger charge is 2.37. The van der Waals surface area contributed by atoms with Gasteiger partial charge in [0.25, 0.3) is 0 Å². The first-order valence-corrected chi connectivity index (χ1v) is 4.54. The summed E-state index contributed by atoms with van der Waals surface area (Å²) in [5.74, 6) is 0. The zero-order chi connectivity index (χ0) is 9.12. The molecule has 0 spiro atoms. The topological polar surface area (TPSA) is 20.2 Å². The molecule has 0 aliphatic heterocycles. The van der Waals surface area contributed by atoms with Crippen molar-refractivity contribution in [2.45, 2.75) is 47.5 Å². The van der Waals surface area contributed by atoms with Gasteiger partial charge in [-0.25, -0.2) is 0 Å². The molecule has 0 radical (unpaired) electrons. The lowest BCUT2D eigenvalue weighted by molar-refractivity contribution is 0.0135.